The number of benzene rings is 2. The van der Waals surface area contributed by atoms with E-state index in [9.17, 15) is 19.2 Å². The maximum Gasteiger partial charge on any atom is 0.269 e. The summed E-state index contributed by atoms with van der Waals surface area (Å²) in [5.41, 5.74) is 8.18. The van der Waals surface area contributed by atoms with E-state index in [2.05, 4.69) is 53.9 Å². The molecule has 2 aliphatic heterocycles. The molecule has 0 saturated heterocycles. The number of nitrogens with zero attached hydrogens (tertiary/aromatic N) is 6. The van der Waals surface area contributed by atoms with E-state index in [1.807, 2.05) is 42.6 Å². The average molecular weight is 837 g/mol. The van der Waals surface area contributed by atoms with E-state index in [1.165, 1.54) is 6.26 Å². The van der Waals surface area contributed by atoms with Crippen LogP contribution in [0.4, 0.5) is 5.69 Å². The summed E-state index contributed by atoms with van der Waals surface area (Å²) >= 11 is 0. The Kier molecular flexibility index (Phi) is 18.3. The van der Waals surface area contributed by atoms with Crippen LogP contribution in [-0.2, 0) is 38.8 Å². The van der Waals surface area contributed by atoms with Crippen molar-refractivity contribution in [1.29, 1.82) is 0 Å². The molecule has 1 unspecified atom stereocenters. The van der Waals surface area contributed by atoms with E-state index >= 15 is 0 Å². The lowest BCUT2D eigenvalue weighted by Crippen LogP contribution is -2.33. The van der Waals surface area contributed by atoms with E-state index in [0.29, 0.717) is 69.7 Å². The van der Waals surface area contributed by atoms with Crippen molar-refractivity contribution in [3.05, 3.63) is 113 Å². The van der Waals surface area contributed by atoms with Crippen molar-refractivity contribution in [2.45, 2.75) is 89.6 Å². The molecule has 61 heavy (non-hydrogen) atoms. The number of hydrogen-bond donors (Lipinski definition) is 8. The zero-order chi connectivity index (χ0) is 43.1. The number of allylic oxidation sites excluding steroid dienone is 2. The Hall–Kier alpha value is -7.04. The van der Waals surface area contributed by atoms with Gasteiger partial charge in [-0.05, 0) is 91.8 Å². The van der Waals surface area contributed by atoms with E-state index in [0.717, 1.165) is 48.2 Å². The molecule has 3 aromatic rings. The van der Waals surface area contributed by atoms with Crippen molar-refractivity contribution in [1.82, 2.24) is 46.9 Å². The van der Waals surface area contributed by atoms with E-state index in [1.54, 1.807) is 57.2 Å². The molecular weight excluding hydrogens is 785 g/mol. The van der Waals surface area contributed by atoms with Gasteiger partial charge in [-0.2, -0.15) is 10.1 Å². The molecule has 2 atom stereocenters. The summed E-state index contributed by atoms with van der Waals surface area (Å²) in [6.45, 7) is 2.46. The van der Waals surface area contributed by atoms with Crippen molar-refractivity contribution in [2.24, 2.45) is 10.3 Å². The van der Waals surface area contributed by atoms with Gasteiger partial charge in [0.2, 0.25) is 11.8 Å². The minimum Gasteiger partial charge on any atom is -0.482 e. The summed E-state index contributed by atoms with van der Waals surface area (Å²) in [5.74, 6) is 1.85. The first-order valence-electron chi connectivity index (χ1n) is 20.2. The standard InChI is InChI=1S/C42H52N12O7/c55-39(49-59)9-5-1-3-7-22-43-41(57)33-15-17-34(18-16-33)45-26-37-29-54(52-48-37)28-32-13-11-31(12-14-32)27-53-24-21-35(47-51-53)25-46-36-19-20-38(61-30-36)42(58)44-23-8-4-2-6-10-40(56)50-60/h8,11-20,23,29-30,35,38,45-46,59-60H,1-7,9-10,22,25-28H2,(H,43,57)(H,44,58)(H,49,55)(H,50,56)/b23-8+/t35-,38?/m1/s1. The van der Waals surface area contributed by atoms with Gasteiger partial charge in [-0.25, -0.2) is 15.6 Å². The normalized spacial score (nSPS) is 15.2. The molecule has 2 aromatic carbocycles. The number of aromatic nitrogens is 3. The number of anilines is 1. The molecule has 4 amide bonds. The van der Waals surface area contributed by atoms with Gasteiger partial charge in [0.25, 0.3) is 11.8 Å². The highest BCUT2D eigenvalue weighted by Crippen LogP contribution is 2.14. The van der Waals surface area contributed by atoms with E-state index in [4.69, 9.17) is 15.2 Å². The summed E-state index contributed by atoms with van der Waals surface area (Å²) in [7, 11) is 0. The number of rotatable bonds is 25. The fourth-order valence-electron chi connectivity index (χ4n) is 5.95. The number of carbonyl (C=O) groups is 4. The fraction of sp³-hybridized carbons (Fsp3) is 0.381. The first kappa shape index (κ1) is 45.1. The van der Waals surface area contributed by atoms with Crippen LogP contribution in [0, 0.1) is 12.0 Å². The monoisotopic (exact) mass is 836 g/mol. The van der Waals surface area contributed by atoms with Gasteiger partial charge in [-0.15, -0.1) is 5.10 Å². The Bertz CT molecular complexity index is 2090. The predicted molar refractivity (Wildman–Crippen MR) is 222 cm³/mol. The second-order valence-corrected chi connectivity index (χ2v) is 14.2. The summed E-state index contributed by atoms with van der Waals surface area (Å²) < 4.78 is 7.33. The van der Waals surface area contributed by atoms with Gasteiger partial charge >= 0.3 is 0 Å². The lowest BCUT2D eigenvalue weighted by atomic mass is 10.1. The van der Waals surface area contributed by atoms with Crippen LogP contribution in [0.25, 0.3) is 0 Å². The zero-order valence-electron chi connectivity index (χ0n) is 33.8. The van der Waals surface area contributed by atoms with Crippen LogP contribution >= 0.6 is 0 Å². The average Bonchev–Trinajstić information content (AvgIpc) is 3.74. The predicted octanol–water partition coefficient (Wildman–Crippen LogP) is 3.72. The van der Waals surface area contributed by atoms with Gasteiger partial charge < -0.3 is 26.0 Å². The van der Waals surface area contributed by atoms with Crippen molar-refractivity contribution in [2.75, 3.05) is 18.4 Å². The van der Waals surface area contributed by atoms with Crippen LogP contribution in [0.1, 0.15) is 85.0 Å². The number of carbonyl (C=O) groups excluding carboxylic acids is 4. The summed E-state index contributed by atoms with van der Waals surface area (Å²) in [6.07, 6.45) is 15.2. The Balaban J connectivity index is 0.935. The van der Waals surface area contributed by atoms with Gasteiger partial charge in [0.1, 0.15) is 12.0 Å². The van der Waals surface area contributed by atoms with Crippen molar-refractivity contribution >= 4 is 29.3 Å². The molecule has 0 fully saturated rings. The molecule has 0 saturated carbocycles. The molecule has 8 N–H and O–H groups in total. The van der Waals surface area contributed by atoms with Crippen molar-refractivity contribution in [3.63, 3.8) is 0 Å². The third kappa shape index (κ3) is 16.3. The summed E-state index contributed by atoms with van der Waals surface area (Å²) in [4.78, 5) is 46.9. The van der Waals surface area contributed by atoms with Crippen LogP contribution in [-0.4, -0.2) is 79.3 Å². The molecule has 5 rings (SSSR count). The largest absolute Gasteiger partial charge is 0.482 e. The van der Waals surface area contributed by atoms with Gasteiger partial charge in [0.15, 0.2) is 12.1 Å². The number of hydrogen-bond acceptors (Lipinski definition) is 14. The molecule has 2 aliphatic rings. The van der Waals surface area contributed by atoms with Crippen LogP contribution < -0.4 is 32.2 Å². The van der Waals surface area contributed by atoms with Crippen molar-refractivity contribution < 1.29 is 34.3 Å². The maximum absolute atomic E-state index is 12.5. The van der Waals surface area contributed by atoms with E-state index in [-0.39, 0.29) is 30.2 Å². The smallest absolute Gasteiger partial charge is 0.269 e. The Morgan fingerprint density at radius 3 is 2.26 bits per heavy atom. The Morgan fingerprint density at radius 2 is 1.57 bits per heavy atom. The fourth-order valence-corrected chi connectivity index (χ4v) is 5.95. The number of nitrogens with one attached hydrogen (secondary N) is 6. The molecular formula is C42H52N12O7. The Morgan fingerprint density at radius 1 is 0.852 bits per heavy atom. The molecule has 0 radical (unpaired) electrons. The molecule has 0 bridgehead atoms. The number of ether oxygens (including phenoxy) is 1. The second kappa shape index (κ2) is 24.8. The maximum atomic E-state index is 12.5. The topological polar surface area (TPSA) is 249 Å². The van der Waals surface area contributed by atoms with Gasteiger partial charge in [0.05, 0.1) is 38.1 Å². The minimum absolute atomic E-state index is 0.139. The lowest BCUT2D eigenvalue weighted by molar-refractivity contribution is -0.130. The van der Waals surface area contributed by atoms with Gasteiger partial charge in [0, 0.05) is 36.7 Å². The highest BCUT2D eigenvalue weighted by molar-refractivity contribution is 5.94. The molecule has 0 spiro atoms. The van der Waals surface area contributed by atoms with Gasteiger partial charge in [-0.3, -0.25) is 29.6 Å². The summed E-state index contributed by atoms with van der Waals surface area (Å²) in [5, 5.41) is 47.9. The molecule has 1 aromatic heterocycles. The molecule has 19 heteroatoms. The lowest BCUT2D eigenvalue weighted by Gasteiger charge is -2.19. The van der Waals surface area contributed by atoms with Crippen LogP contribution in [0.3, 0.4) is 0 Å². The van der Waals surface area contributed by atoms with Crippen LogP contribution in [0.5, 0.6) is 0 Å². The zero-order valence-corrected chi connectivity index (χ0v) is 33.8. The second-order valence-electron chi connectivity index (χ2n) is 14.2. The molecule has 0 aliphatic carbocycles. The summed E-state index contributed by atoms with van der Waals surface area (Å²) in [6, 6.07) is 18.0. The SMILES string of the molecule is O=C(CCCC/C=C/NC(=O)C1C=CC(NC[C@H]2C#CN(Cc3ccc(Cn4cc(CNc5ccc(C(=O)NCCCCCCC(=O)NO)cc5)nn4)cc3)N=N2)=CO1)NO. The number of amides is 4. The van der Waals surface area contributed by atoms with Crippen LogP contribution in [0.2, 0.25) is 0 Å². The highest BCUT2D eigenvalue weighted by Gasteiger charge is 2.18. The third-order valence-electron chi connectivity index (χ3n) is 9.35. The Labute approximate surface area is 353 Å². The first-order valence-corrected chi connectivity index (χ1v) is 20.2. The molecule has 322 valence electrons. The number of unbranched alkanes of at least 4 members (excludes halogenated alkanes) is 5. The third-order valence-corrected chi connectivity index (χ3v) is 9.35. The van der Waals surface area contributed by atoms with E-state index < -0.39 is 12.0 Å². The van der Waals surface area contributed by atoms with Gasteiger partial charge in [-0.1, -0.05) is 53.6 Å². The van der Waals surface area contributed by atoms with Crippen molar-refractivity contribution in [3.8, 4) is 12.0 Å². The molecule has 19 nitrogen and oxygen atoms in total. The van der Waals surface area contributed by atoms with Crippen LogP contribution in [0.15, 0.2) is 101 Å². The first-order chi connectivity index (χ1) is 29.8. The molecule has 3 heterocycles. The quantitative estimate of drug-likeness (QED) is 0.0263. The highest BCUT2D eigenvalue weighted by atomic mass is 16.5. The minimum atomic E-state index is -0.762. The number of hydroxylamine groups is 2.